The fourth-order valence-corrected chi connectivity index (χ4v) is 2.87. The molecule has 0 amide bonds. The second-order valence-electron chi connectivity index (χ2n) is 5.27. The highest BCUT2D eigenvalue weighted by Gasteiger charge is 2.29. The number of rotatable bonds is 3. The van der Waals surface area contributed by atoms with E-state index >= 15 is 0 Å². The molecule has 2 rings (SSSR count). The van der Waals surface area contributed by atoms with Crippen molar-refractivity contribution in [3.8, 4) is 0 Å². The van der Waals surface area contributed by atoms with E-state index in [4.69, 9.17) is 0 Å². The highest BCUT2D eigenvalue weighted by Crippen LogP contribution is 2.32. The molecule has 1 fully saturated rings. The molecule has 0 saturated carbocycles. The predicted octanol–water partition coefficient (Wildman–Crippen LogP) is 2.82. The van der Waals surface area contributed by atoms with Crippen LogP contribution in [0.1, 0.15) is 38.3 Å². The Labute approximate surface area is 105 Å². The highest BCUT2D eigenvalue weighted by molar-refractivity contribution is 5.20. The van der Waals surface area contributed by atoms with E-state index in [1.165, 1.54) is 24.9 Å². The molecule has 0 aromatic heterocycles. The number of hydrogen-bond donors (Lipinski definition) is 1. The Kier molecular flexibility index (Phi) is 4.19. The molecule has 0 aliphatic carbocycles. The molecule has 1 aliphatic rings. The van der Waals surface area contributed by atoms with Gasteiger partial charge in [-0.15, -0.1) is 0 Å². The molecule has 0 spiro atoms. The minimum absolute atomic E-state index is 0.572. The van der Waals surface area contributed by atoms with Gasteiger partial charge in [-0.3, -0.25) is 4.90 Å². The van der Waals surface area contributed by atoms with Gasteiger partial charge < -0.3 is 5.32 Å². The summed E-state index contributed by atoms with van der Waals surface area (Å²) in [4.78, 5) is 2.63. The predicted molar refractivity (Wildman–Crippen MR) is 73.1 cm³/mol. The van der Waals surface area contributed by atoms with E-state index in [-0.39, 0.29) is 0 Å². The third-order valence-electron chi connectivity index (χ3n) is 3.90. The van der Waals surface area contributed by atoms with Gasteiger partial charge in [-0.05, 0) is 39.3 Å². The van der Waals surface area contributed by atoms with Crippen molar-refractivity contribution in [2.75, 3.05) is 13.6 Å². The van der Waals surface area contributed by atoms with Crippen molar-refractivity contribution in [2.45, 2.75) is 44.8 Å². The van der Waals surface area contributed by atoms with E-state index in [0.29, 0.717) is 18.1 Å². The lowest BCUT2D eigenvalue weighted by Crippen LogP contribution is -2.46. The van der Waals surface area contributed by atoms with Gasteiger partial charge in [0.25, 0.3) is 0 Å². The van der Waals surface area contributed by atoms with Gasteiger partial charge in [-0.25, -0.2) is 0 Å². The van der Waals surface area contributed by atoms with Crippen LogP contribution in [0.5, 0.6) is 0 Å². The molecular weight excluding hydrogens is 208 g/mol. The Morgan fingerprint density at radius 2 is 1.94 bits per heavy atom. The van der Waals surface area contributed by atoms with E-state index in [9.17, 15) is 0 Å². The zero-order valence-electron chi connectivity index (χ0n) is 11.2. The zero-order valence-corrected chi connectivity index (χ0v) is 11.2. The van der Waals surface area contributed by atoms with Crippen LogP contribution in [0, 0.1) is 0 Å². The van der Waals surface area contributed by atoms with E-state index in [1.807, 2.05) is 0 Å². The first-order valence-corrected chi connectivity index (χ1v) is 6.70. The largest absolute Gasteiger partial charge is 0.317 e. The monoisotopic (exact) mass is 232 g/mol. The Morgan fingerprint density at radius 1 is 1.24 bits per heavy atom. The van der Waals surface area contributed by atoms with Crippen molar-refractivity contribution in [3.63, 3.8) is 0 Å². The molecule has 1 N–H and O–H groups in total. The van der Waals surface area contributed by atoms with Crippen molar-refractivity contribution in [3.05, 3.63) is 35.9 Å². The average molecular weight is 232 g/mol. The van der Waals surface area contributed by atoms with Crippen LogP contribution in [0.3, 0.4) is 0 Å². The summed E-state index contributed by atoms with van der Waals surface area (Å²) >= 11 is 0. The van der Waals surface area contributed by atoms with Crippen LogP contribution >= 0.6 is 0 Å². The topological polar surface area (TPSA) is 15.3 Å². The summed E-state index contributed by atoms with van der Waals surface area (Å²) < 4.78 is 0. The summed E-state index contributed by atoms with van der Waals surface area (Å²) in [5, 5.41) is 3.44. The van der Waals surface area contributed by atoms with Crippen LogP contribution in [-0.4, -0.2) is 30.6 Å². The first kappa shape index (κ1) is 12.6. The van der Waals surface area contributed by atoms with Gasteiger partial charge in [0.1, 0.15) is 0 Å². The standard InChI is InChI=1S/C15H24N2/c1-12(2)17-10-9-14(16-3)11-15(17)13-7-5-4-6-8-13/h4-8,12,14-16H,9-11H2,1-3H3. The van der Waals surface area contributed by atoms with E-state index in [2.05, 4.69) is 61.4 Å². The maximum Gasteiger partial charge on any atom is 0.0365 e. The molecule has 2 nitrogen and oxygen atoms in total. The lowest BCUT2D eigenvalue weighted by atomic mass is 9.91. The first-order valence-electron chi connectivity index (χ1n) is 6.70. The van der Waals surface area contributed by atoms with Crippen molar-refractivity contribution < 1.29 is 0 Å². The summed E-state index contributed by atoms with van der Waals surface area (Å²) in [5.41, 5.74) is 1.46. The number of likely N-dealkylation sites (tertiary alicyclic amines) is 1. The van der Waals surface area contributed by atoms with Crippen molar-refractivity contribution >= 4 is 0 Å². The summed E-state index contributed by atoms with van der Waals surface area (Å²) in [6, 6.07) is 12.8. The molecule has 17 heavy (non-hydrogen) atoms. The molecule has 1 aromatic carbocycles. The smallest absolute Gasteiger partial charge is 0.0365 e. The van der Waals surface area contributed by atoms with Gasteiger partial charge >= 0.3 is 0 Å². The molecule has 2 unspecified atom stereocenters. The third kappa shape index (κ3) is 2.88. The van der Waals surface area contributed by atoms with Gasteiger partial charge in [0.05, 0.1) is 0 Å². The molecule has 94 valence electrons. The number of nitrogens with zero attached hydrogens (tertiary/aromatic N) is 1. The van der Waals surface area contributed by atoms with Gasteiger partial charge in [-0.1, -0.05) is 30.3 Å². The summed E-state index contributed by atoms with van der Waals surface area (Å²) in [5.74, 6) is 0. The average Bonchev–Trinajstić information content (AvgIpc) is 2.39. The van der Waals surface area contributed by atoms with Crippen LogP contribution in [0.2, 0.25) is 0 Å². The maximum atomic E-state index is 3.44. The Hall–Kier alpha value is -0.860. The summed E-state index contributed by atoms with van der Waals surface area (Å²) in [6.45, 7) is 5.80. The normalized spacial score (nSPS) is 26.4. The first-order chi connectivity index (χ1) is 8.22. The molecule has 2 atom stereocenters. The van der Waals surface area contributed by atoms with Crippen molar-refractivity contribution in [1.29, 1.82) is 0 Å². The number of piperidine rings is 1. The van der Waals surface area contributed by atoms with Crippen molar-refractivity contribution in [2.24, 2.45) is 0 Å². The molecule has 1 aliphatic heterocycles. The van der Waals surface area contributed by atoms with Crippen LogP contribution in [0.15, 0.2) is 30.3 Å². The second kappa shape index (κ2) is 5.65. The van der Waals surface area contributed by atoms with Crippen LogP contribution in [-0.2, 0) is 0 Å². The van der Waals surface area contributed by atoms with Gasteiger partial charge in [0.15, 0.2) is 0 Å². The SMILES string of the molecule is CNC1CCN(C(C)C)C(c2ccccc2)C1. The second-order valence-corrected chi connectivity index (χ2v) is 5.27. The molecule has 1 saturated heterocycles. The van der Waals surface area contributed by atoms with E-state index in [0.717, 1.165) is 0 Å². The van der Waals surface area contributed by atoms with E-state index in [1.54, 1.807) is 0 Å². The van der Waals surface area contributed by atoms with Crippen molar-refractivity contribution in [1.82, 2.24) is 10.2 Å². The zero-order chi connectivity index (χ0) is 12.3. The molecule has 1 aromatic rings. The molecule has 0 radical (unpaired) electrons. The lowest BCUT2D eigenvalue weighted by molar-refractivity contribution is 0.0945. The lowest BCUT2D eigenvalue weighted by Gasteiger charge is -2.42. The van der Waals surface area contributed by atoms with E-state index < -0.39 is 0 Å². The van der Waals surface area contributed by atoms with Gasteiger partial charge in [0, 0.05) is 24.7 Å². The van der Waals surface area contributed by atoms with Crippen LogP contribution in [0.4, 0.5) is 0 Å². The minimum atomic E-state index is 0.572. The fourth-order valence-electron chi connectivity index (χ4n) is 2.87. The molecule has 0 bridgehead atoms. The Balaban J connectivity index is 2.19. The Bertz CT molecular complexity index is 334. The summed E-state index contributed by atoms with van der Waals surface area (Å²) in [7, 11) is 2.08. The molecule has 1 heterocycles. The third-order valence-corrected chi connectivity index (χ3v) is 3.90. The number of nitrogens with one attached hydrogen (secondary N) is 1. The number of hydrogen-bond acceptors (Lipinski definition) is 2. The summed E-state index contributed by atoms with van der Waals surface area (Å²) in [6.07, 6.45) is 2.48. The maximum absolute atomic E-state index is 3.44. The Morgan fingerprint density at radius 3 is 2.53 bits per heavy atom. The quantitative estimate of drug-likeness (QED) is 0.862. The fraction of sp³-hybridized carbons (Fsp3) is 0.600. The van der Waals surface area contributed by atoms with Crippen LogP contribution < -0.4 is 5.32 Å². The van der Waals surface area contributed by atoms with Gasteiger partial charge in [0.2, 0.25) is 0 Å². The number of benzene rings is 1. The van der Waals surface area contributed by atoms with Crippen LogP contribution in [0.25, 0.3) is 0 Å². The molecular formula is C15H24N2. The minimum Gasteiger partial charge on any atom is -0.317 e. The molecule has 2 heteroatoms. The van der Waals surface area contributed by atoms with Gasteiger partial charge in [-0.2, -0.15) is 0 Å². The highest BCUT2D eigenvalue weighted by atomic mass is 15.2.